The van der Waals surface area contributed by atoms with E-state index in [9.17, 15) is 27.2 Å². The lowest BCUT2D eigenvalue weighted by molar-refractivity contribution is -0.384. The highest BCUT2D eigenvalue weighted by Gasteiger charge is 2.41. The minimum Gasteiger partial charge on any atom is -0.305 e. The Bertz CT molecular complexity index is 688. The van der Waals surface area contributed by atoms with Crippen LogP contribution < -0.4 is 4.90 Å². The van der Waals surface area contributed by atoms with E-state index in [4.69, 9.17) is 0 Å². The maximum Gasteiger partial charge on any atom is 0.307 e. The summed E-state index contributed by atoms with van der Waals surface area (Å²) in [5.74, 6) is -0.648. The Balaban J connectivity index is 2.45. The van der Waals surface area contributed by atoms with Crippen molar-refractivity contribution in [2.45, 2.75) is 18.6 Å². The lowest BCUT2D eigenvalue weighted by Crippen LogP contribution is -2.27. The largest absolute Gasteiger partial charge is 0.307 e. The van der Waals surface area contributed by atoms with Gasteiger partial charge in [-0.3, -0.25) is 14.9 Å². The molecule has 1 atom stereocenters. The van der Waals surface area contributed by atoms with Gasteiger partial charge in [0.15, 0.2) is 0 Å². The molecule has 1 fully saturated rings. The van der Waals surface area contributed by atoms with Crippen LogP contribution in [0.5, 0.6) is 0 Å². The number of hydrogen-bond acceptors (Lipinski definition) is 5. The molecule has 1 unspecified atom stereocenters. The molecular weight excluding hydrogens is 291 g/mol. The Morgan fingerprint density at radius 1 is 1.45 bits per heavy atom. The summed E-state index contributed by atoms with van der Waals surface area (Å²) < 4.78 is 34.7. The maximum absolute atomic E-state index is 13.0. The summed E-state index contributed by atoms with van der Waals surface area (Å²) in [7, 11) is -4.85. The molecule has 7 nitrogen and oxygen atoms in total. The fourth-order valence-electron chi connectivity index (χ4n) is 2.10. The van der Waals surface area contributed by atoms with Crippen LogP contribution in [0.3, 0.4) is 0 Å². The van der Waals surface area contributed by atoms with Gasteiger partial charge < -0.3 is 4.90 Å². The second-order valence-electron chi connectivity index (χ2n) is 4.56. The van der Waals surface area contributed by atoms with E-state index in [2.05, 4.69) is 0 Å². The molecule has 1 aliphatic rings. The van der Waals surface area contributed by atoms with E-state index in [0.29, 0.717) is 5.56 Å². The number of aryl methyl sites for hydroxylation is 1. The number of carbonyl (C=O) groups is 1. The number of anilines is 1. The Morgan fingerprint density at radius 2 is 2.10 bits per heavy atom. The molecule has 1 saturated heterocycles. The van der Waals surface area contributed by atoms with E-state index in [-0.39, 0.29) is 11.4 Å². The number of rotatable bonds is 3. The van der Waals surface area contributed by atoms with Crippen LogP contribution in [0.4, 0.5) is 15.3 Å². The molecule has 108 valence electrons. The molecule has 1 aliphatic heterocycles. The second-order valence-corrected chi connectivity index (χ2v) is 6.17. The zero-order valence-corrected chi connectivity index (χ0v) is 11.3. The predicted molar refractivity (Wildman–Crippen MR) is 68.6 cm³/mol. The van der Waals surface area contributed by atoms with E-state index >= 15 is 0 Å². The average Bonchev–Trinajstić information content (AvgIpc) is 2.70. The van der Waals surface area contributed by atoms with Crippen molar-refractivity contribution in [2.75, 3.05) is 11.4 Å². The summed E-state index contributed by atoms with van der Waals surface area (Å²) in [6, 6.07) is 4.14. The van der Waals surface area contributed by atoms with E-state index in [1.807, 2.05) is 0 Å². The minimum atomic E-state index is -4.85. The van der Waals surface area contributed by atoms with Gasteiger partial charge in [0.2, 0.25) is 5.91 Å². The molecule has 2 rings (SSSR count). The quantitative estimate of drug-likeness (QED) is 0.476. The van der Waals surface area contributed by atoms with Gasteiger partial charge in [0.1, 0.15) is 10.9 Å². The van der Waals surface area contributed by atoms with E-state index in [0.717, 1.165) is 4.90 Å². The van der Waals surface area contributed by atoms with Crippen LogP contribution >= 0.6 is 0 Å². The first-order valence-electron chi connectivity index (χ1n) is 5.69. The number of hydrogen-bond donors (Lipinski definition) is 0. The highest BCUT2D eigenvalue weighted by molar-refractivity contribution is 7.87. The van der Waals surface area contributed by atoms with Crippen LogP contribution in [0.25, 0.3) is 0 Å². The Kier molecular flexibility index (Phi) is 3.46. The Hall–Kier alpha value is -2.03. The van der Waals surface area contributed by atoms with Gasteiger partial charge in [0.05, 0.1) is 4.92 Å². The third kappa shape index (κ3) is 2.62. The standard InChI is InChI=1S/C11H11FN2O5S/c1-7-2-3-9(14(16)17)10(4-7)13-6-8(5-11(13)15)20(12,18)19/h2-4,8H,5-6H2,1H3. The minimum absolute atomic E-state index is 0.00819. The molecule has 0 N–H and O–H groups in total. The number of halogens is 1. The van der Waals surface area contributed by atoms with Gasteiger partial charge in [-0.2, -0.15) is 8.42 Å². The number of amides is 1. The number of nitrogens with zero attached hydrogens (tertiary/aromatic N) is 2. The van der Waals surface area contributed by atoms with Crippen molar-refractivity contribution in [3.05, 3.63) is 33.9 Å². The second kappa shape index (κ2) is 4.82. The fourth-order valence-corrected chi connectivity index (χ4v) is 2.77. The van der Waals surface area contributed by atoms with E-state index in [1.165, 1.54) is 18.2 Å². The first-order chi connectivity index (χ1) is 9.20. The van der Waals surface area contributed by atoms with Crippen LogP contribution in [-0.4, -0.2) is 31.0 Å². The van der Waals surface area contributed by atoms with Gasteiger partial charge in [-0.05, 0) is 18.6 Å². The van der Waals surface area contributed by atoms with Crippen LogP contribution in [0.15, 0.2) is 18.2 Å². The summed E-state index contributed by atoms with van der Waals surface area (Å²) in [6.07, 6.45) is -0.510. The monoisotopic (exact) mass is 302 g/mol. The van der Waals surface area contributed by atoms with E-state index in [1.54, 1.807) is 6.92 Å². The summed E-state index contributed by atoms with van der Waals surface area (Å²) in [6.45, 7) is 1.26. The lowest BCUT2D eigenvalue weighted by atomic mass is 10.2. The molecule has 1 aromatic carbocycles. The van der Waals surface area contributed by atoms with Crippen LogP contribution in [0.1, 0.15) is 12.0 Å². The smallest absolute Gasteiger partial charge is 0.305 e. The third-order valence-corrected chi connectivity index (χ3v) is 4.22. The van der Waals surface area contributed by atoms with Crippen molar-refractivity contribution in [1.82, 2.24) is 0 Å². The van der Waals surface area contributed by atoms with Crippen LogP contribution in [0, 0.1) is 17.0 Å². The van der Waals surface area contributed by atoms with Gasteiger partial charge in [-0.25, -0.2) is 0 Å². The summed E-state index contributed by atoms with van der Waals surface area (Å²) in [5, 5.41) is 9.47. The third-order valence-electron chi connectivity index (χ3n) is 3.11. The molecule has 0 bridgehead atoms. The van der Waals surface area contributed by atoms with Crippen molar-refractivity contribution in [3.63, 3.8) is 0 Å². The van der Waals surface area contributed by atoms with Crippen molar-refractivity contribution >= 4 is 27.5 Å². The number of benzene rings is 1. The van der Waals surface area contributed by atoms with Gasteiger partial charge in [0, 0.05) is 19.0 Å². The van der Waals surface area contributed by atoms with Gasteiger partial charge in [-0.1, -0.05) is 6.07 Å². The highest BCUT2D eigenvalue weighted by Crippen LogP contribution is 2.33. The van der Waals surface area contributed by atoms with Gasteiger partial charge in [0.25, 0.3) is 5.69 Å². The summed E-state index contributed by atoms with van der Waals surface area (Å²) >= 11 is 0. The first kappa shape index (κ1) is 14.4. The summed E-state index contributed by atoms with van der Waals surface area (Å²) in [5.41, 5.74) is 0.344. The highest BCUT2D eigenvalue weighted by atomic mass is 32.3. The number of nitro groups is 1. The zero-order valence-electron chi connectivity index (χ0n) is 10.4. The predicted octanol–water partition coefficient (Wildman–Crippen LogP) is 1.31. The molecule has 0 saturated carbocycles. The molecule has 0 spiro atoms. The lowest BCUT2D eigenvalue weighted by Gasteiger charge is -2.16. The topological polar surface area (TPSA) is 97.6 Å². The molecule has 20 heavy (non-hydrogen) atoms. The molecule has 0 aromatic heterocycles. The molecular formula is C11H11FN2O5S. The average molecular weight is 302 g/mol. The molecule has 1 aromatic rings. The number of carbonyl (C=O) groups excluding carboxylic acids is 1. The first-order valence-corrected chi connectivity index (χ1v) is 7.13. The molecule has 0 aliphatic carbocycles. The van der Waals surface area contributed by atoms with Crippen molar-refractivity contribution in [1.29, 1.82) is 0 Å². The summed E-state index contributed by atoms with van der Waals surface area (Å²) in [4.78, 5) is 23.0. The van der Waals surface area contributed by atoms with E-state index < -0.39 is 39.3 Å². The SMILES string of the molecule is Cc1ccc([N+](=O)[O-])c(N2CC(S(=O)(=O)F)CC2=O)c1. The Labute approximate surface area is 114 Å². The van der Waals surface area contributed by atoms with Gasteiger partial charge in [-0.15, -0.1) is 3.89 Å². The molecule has 0 radical (unpaired) electrons. The Morgan fingerprint density at radius 3 is 2.60 bits per heavy atom. The number of nitro benzene ring substituents is 1. The van der Waals surface area contributed by atoms with Crippen molar-refractivity contribution in [2.24, 2.45) is 0 Å². The molecule has 9 heteroatoms. The molecule has 1 heterocycles. The maximum atomic E-state index is 13.0. The molecule has 1 amide bonds. The fraction of sp³-hybridized carbons (Fsp3) is 0.364. The van der Waals surface area contributed by atoms with Crippen LogP contribution in [-0.2, 0) is 15.0 Å². The van der Waals surface area contributed by atoms with Crippen molar-refractivity contribution in [3.8, 4) is 0 Å². The van der Waals surface area contributed by atoms with Crippen molar-refractivity contribution < 1.29 is 22.0 Å². The normalized spacial score (nSPS) is 19.4. The van der Waals surface area contributed by atoms with Crippen LogP contribution in [0.2, 0.25) is 0 Å². The zero-order chi connectivity index (χ0) is 15.1. The van der Waals surface area contributed by atoms with Gasteiger partial charge >= 0.3 is 10.2 Å².